The van der Waals surface area contributed by atoms with E-state index in [2.05, 4.69) is 12.2 Å². The Bertz CT molecular complexity index is 478. The van der Waals surface area contributed by atoms with E-state index in [9.17, 15) is 9.00 Å². The molecule has 110 valence electrons. The number of nitrogens with zero attached hydrogens (tertiary/aromatic N) is 1. The van der Waals surface area contributed by atoms with Gasteiger partial charge in [-0.25, -0.2) is 0 Å². The molecule has 20 heavy (non-hydrogen) atoms. The molecule has 3 unspecified atom stereocenters. The summed E-state index contributed by atoms with van der Waals surface area (Å²) in [6, 6.07) is 9.85. The van der Waals surface area contributed by atoms with E-state index >= 15 is 0 Å². The second kappa shape index (κ2) is 6.99. The second-order valence-electron chi connectivity index (χ2n) is 5.13. The van der Waals surface area contributed by atoms with Crippen LogP contribution >= 0.6 is 0 Å². The van der Waals surface area contributed by atoms with Crippen LogP contribution in [0.2, 0.25) is 0 Å². The number of hydrogen-bond donors (Lipinski definition) is 1. The summed E-state index contributed by atoms with van der Waals surface area (Å²) in [5.41, 5.74) is 1.08. The molecule has 1 aromatic carbocycles. The standard InChI is InChI=1S/C15H22N2O2S/c1-3-7-13-15(18)17(10-11-20(2)19)14(16-13)12-8-5-4-6-9-12/h4-6,8-9,13-14,16H,3,7,10-11H2,1-2H3. The van der Waals surface area contributed by atoms with Gasteiger partial charge in [0.15, 0.2) is 0 Å². The molecule has 1 fully saturated rings. The van der Waals surface area contributed by atoms with Gasteiger partial charge < -0.3 is 4.90 Å². The Kier molecular flexibility index (Phi) is 5.31. The normalized spacial score (nSPS) is 24.1. The maximum atomic E-state index is 12.5. The molecule has 0 radical (unpaired) electrons. The lowest BCUT2D eigenvalue weighted by molar-refractivity contribution is -0.130. The molecular formula is C15H22N2O2S. The van der Waals surface area contributed by atoms with Crippen molar-refractivity contribution < 1.29 is 9.00 Å². The van der Waals surface area contributed by atoms with E-state index in [-0.39, 0.29) is 18.1 Å². The van der Waals surface area contributed by atoms with Crippen LogP contribution in [-0.4, -0.2) is 39.6 Å². The number of hydrogen-bond acceptors (Lipinski definition) is 3. The van der Waals surface area contributed by atoms with Crippen LogP contribution in [-0.2, 0) is 15.6 Å². The van der Waals surface area contributed by atoms with Gasteiger partial charge in [-0.2, -0.15) is 0 Å². The highest BCUT2D eigenvalue weighted by molar-refractivity contribution is 7.84. The van der Waals surface area contributed by atoms with E-state index in [0.717, 1.165) is 18.4 Å². The molecule has 0 bridgehead atoms. The van der Waals surface area contributed by atoms with Crippen LogP contribution in [0.15, 0.2) is 30.3 Å². The molecule has 1 amide bonds. The smallest absolute Gasteiger partial charge is 0.241 e. The van der Waals surface area contributed by atoms with Gasteiger partial charge in [0.05, 0.1) is 6.04 Å². The molecule has 0 aliphatic carbocycles. The van der Waals surface area contributed by atoms with Gasteiger partial charge in [0.2, 0.25) is 5.91 Å². The first-order valence-electron chi connectivity index (χ1n) is 7.05. The molecule has 1 aromatic rings. The van der Waals surface area contributed by atoms with Gasteiger partial charge >= 0.3 is 0 Å². The summed E-state index contributed by atoms with van der Waals surface area (Å²) in [4.78, 5) is 14.3. The van der Waals surface area contributed by atoms with Crippen molar-refractivity contribution in [3.63, 3.8) is 0 Å². The highest BCUT2D eigenvalue weighted by atomic mass is 32.2. The minimum atomic E-state index is -0.884. The summed E-state index contributed by atoms with van der Waals surface area (Å²) in [6.45, 7) is 2.62. The van der Waals surface area contributed by atoms with Crippen molar-refractivity contribution in [1.29, 1.82) is 0 Å². The molecule has 5 heteroatoms. The molecule has 4 nitrogen and oxygen atoms in total. The Hall–Kier alpha value is -1.20. The van der Waals surface area contributed by atoms with Crippen LogP contribution < -0.4 is 5.32 Å². The van der Waals surface area contributed by atoms with Gasteiger partial charge in [-0.1, -0.05) is 43.7 Å². The fourth-order valence-corrected chi connectivity index (χ4v) is 3.01. The largest absolute Gasteiger partial charge is 0.321 e. The van der Waals surface area contributed by atoms with E-state index in [1.807, 2.05) is 35.2 Å². The van der Waals surface area contributed by atoms with Crippen molar-refractivity contribution in [2.75, 3.05) is 18.6 Å². The lowest BCUT2D eigenvalue weighted by atomic mass is 10.1. The van der Waals surface area contributed by atoms with Crippen molar-refractivity contribution in [2.45, 2.75) is 32.0 Å². The lowest BCUT2D eigenvalue weighted by Crippen LogP contribution is -2.34. The lowest BCUT2D eigenvalue weighted by Gasteiger charge is -2.24. The Labute approximate surface area is 123 Å². The Morgan fingerprint density at radius 2 is 2.00 bits per heavy atom. The number of rotatable bonds is 6. The van der Waals surface area contributed by atoms with Crippen LogP contribution in [0, 0.1) is 0 Å². The maximum Gasteiger partial charge on any atom is 0.241 e. The third-order valence-electron chi connectivity index (χ3n) is 3.56. The second-order valence-corrected chi connectivity index (χ2v) is 6.68. The first kappa shape index (κ1) is 15.2. The average Bonchev–Trinajstić information content (AvgIpc) is 2.75. The van der Waals surface area contributed by atoms with Gasteiger partial charge in [0.1, 0.15) is 6.17 Å². The summed E-state index contributed by atoms with van der Waals surface area (Å²) in [6.07, 6.45) is 3.39. The first-order valence-corrected chi connectivity index (χ1v) is 8.77. The van der Waals surface area contributed by atoms with Crippen LogP contribution in [0.4, 0.5) is 0 Å². The van der Waals surface area contributed by atoms with Crippen LogP contribution in [0.3, 0.4) is 0 Å². The molecule has 3 atom stereocenters. The predicted octanol–water partition coefficient (Wildman–Crippen LogP) is 1.66. The molecule has 1 N–H and O–H groups in total. The highest BCUT2D eigenvalue weighted by Crippen LogP contribution is 2.26. The van der Waals surface area contributed by atoms with Gasteiger partial charge in [-0.3, -0.25) is 14.3 Å². The topological polar surface area (TPSA) is 49.4 Å². The fraction of sp³-hybridized carbons (Fsp3) is 0.533. The van der Waals surface area contributed by atoms with Crippen molar-refractivity contribution >= 4 is 16.7 Å². The third kappa shape index (κ3) is 3.46. The quantitative estimate of drug-likeness (QED) is 0.868. The zero-order valence-corrected chi connectivity index (χ0v) is 12.9. The Morgan fingerprint density at radius 3 is 2.60 bits per heavy atom. The SMILES string of the molecule is CCCC1NC(c2ccccc2)N(CCS(C)=O)C1=O. The monoisotopic (exact) mass is 294 g/mol. The van der Waals surface area contributed by atoms with Crippen LogP contribution in [0.25, 0.3) is 0 Å². The number of carbonyl (C=O) groups is 1. The minimum Gasteiger partial charge on any atom is -0.321 e. The third-order valence-corrected chi connectivity index (χ3v) is 4.32. The number of benzene rings is 1. The van der Waals surface area contributed by atoms with Gasteiger partial charge in [0.25, 0.3) is 0 Å². The summed E-state index contributed by atoms with van der Waals surface area (Å²) in [5, 5.41) is 3.41. The number of amides is 1. The molecule has 0 aromatic heterocycles. The minimum absolute atomic E-state index is 0.0937. The molecule has 2 rings (SSSR count). The predicted molar refractivity (Wildman–Crippen MR) is 81.7 cm³/mol. The van der Waals surface area contributed by atoms with E-state index in [0.29, 0.717) is 12.3 Å². The van der Waals surface area contributed by atoms with Crippen molar-refractivity contribution in [1.82, 2.24) is 10.2 Å². The van der Waals surface area contributed by atoms with Gasteiger partial charge in [-0.05, 0) is 12.0 Å². The molecule has 0 saturated carbocycles. The Balaban J connectivity index is 2.18. The van der Waals surface area contributed by atoms with E-state index in [4.69, 9.17) is 0 Å². The molecule has 0 spiro atoms. The average molecular weight is 294 g/mol. The molecule has 1 saturated heterocycles. The van der Waals surface area contributed by atoms with Crippen molar-refractivity contribution in [3.8, 4) is 0 Å². The summed E-state index contributed by atoms with van der Waals surface area (Å²) in [7, 11) is -0.884. The summed E-state index contributed by atoms with van der Waals surface area (Å²) in [5.74, 6) is 0.654. The molecule has 1 heterocycles. The molecule has 1 aliphatic rings. The highest BCUT2D eigenvalue weighted by Gasteiger charge is 2.38. The summed E-state index contributed by atoms with van der Waals surface area (Å²) < 4.78 is 11.3. The van der Waals surface area contributed by atoms with Gasteiger partial charge in [-0.15, -0.1) is 0 Å². The van der Waals surface area contributed by atoms with Gasteiger partial charge in [0, 0.05) is 29.4 Å². The number of nitrogens with one attached hydrogen (secondary N) is 1. The Morgan fingerprint density at radius 1 is 1.30 bits per heavy atom. The van der Waals surface area contributed by atoms with E-state index in [1.54, 1.807) is 6.26 Å². The van der Waals surface area contributed by atoms with Crippen molar-refractivity contribution in [2.24, 2.45) is 0 Å². The fourth-order valence-electron chi connectivity index (χ4n) is 2.55. The first-order chi connectivity index (χ1) is 9.63. The summed E-state index contributed by atoms with van der Waals surface area (Å²) >= 11 is 0. The zero-order chi connectivity index (χ0) is 14.5. The van der Waals surface area contributed by atoms with Crippen molar-refractivity contribution in [3.05, 3.63) is 35.9 Å². The molecule has 1 aliphatic heterocycles. The van der Waals surface area contributed by atoms with Crippen LogP contribution in [0.5, 0.6) is 0 Å². The maximum absolute atomic E-state index is 12.5. The van der Waals surface area contributed by atoms with E-state index in [1.165, 1.54) is 0 Å². The zero-order valence-electron chi connectivity index (χ0n) is 12.0. The van der Waals surface area contributed by atoms with Crippen LogP contribution in [0.1, 0.15) is 31.5 Å². The van der Waals surface area contributed by atoms with E-state index < -0.39 is 10.8 Å². The number of carbonyl (C=O) groups excluding carboxylic acids is 1. The molecular weight excluding hydrogens is 272 g/mol.